The average molecular weight is 335 g/mol. The molecule has 0 aromatic heterocycles. The van der Waals surface area contributed by atoms with Gasteiger partial charge < -0.3 is 9.64 Å². The third-order valence-electron chi connectivity index (χ3n) is 3.10. The number of rotatable bonds is 6. The minimum Gasteiger partial charge on any atom is -0.383 e. The molecule has 0 aliphatic rings. The molecule has 0 aliphatic carbocycles. The lowest BCUT2D eigenvalue weighted by Crippen LogP contribution is -2.34. The van der Waals surface area contributed by atoms with E-state index in [2.05, 4.69) is 0 Å². The van der Waals surface area contributed by atoms with Crippen molar-refractivity contribution in [3.63, 3.8) is 0 Å². The Bertz CT molecular complexity index is 631. The first-order valence-electron chi connectivity index (χ1n) is 6.33. The molecule has 0 bridgehead atoms. The summed E-state index contributed by atoms with van der Waals surface area (Å²) in [5.74, 6) is -0.306. The van der Waals surface area contributed by atoms with E-state index in [1.165, 1.54) is 19.1 Å². The molecular weight excluding hydrogens is 316 g/mol. The number of likely N-dealkylation sites (N-methyl/N-ethyl adjacent to an activating group) is 1. The second kappa shape index (κ2) is 7.22. The van der Waals surface area contributed by atoms with Crippen molar-refractivity contribution in [3.8, 4) is 0 Å². The maximum atomic E-state index is 12.5. The predicted octanol–water partition coefficient (Wildman–Crippen LogP) is 1.40. The molecule has 0 unspecified atom stereocenters. The average Bonchev–Trinajstić information content (AvgIpc) is 2.40. The number of hydrogen-bond donors (Lipinski definition) is 1. The lowest BCUT2D eigenvalue weighted by Gasteiger charge is -2.22. The van der Waals surface area contributed by atoms with Crippen LogP contribution in [0.5, 0.6) is 0 Å². The fourth-order valence-electron chi connectivity index (χ4n) is 1.95. The Morgan fingerprint density at radius 2 is 2.05 bits per heavy atom. The topological polar surface area (TPSA) is 89.7 Å². The highest BCUT2D eigenvalue weighted by molar-refractivity contribution is 7.89. The van der Waals surface area contributed by atoms with Crippen LogP contribution in [-0.2, 0) is 14.8 Å². The van der Waals surface area contributed by atoms with Crippen molar-refractivity contribution in [2.24, 2.45) is 5.14 Å². The highest BCUT2D eigenvalue weighted by atomic mass is 35.5. The normalized spacial score (nSPS) is 11.5. The minimum atomic E-state index is -3.94. The smallest absolute Gasteiger partial charge is 0.254 e. The third kappa shape index (κ3) is 4.41. The molecule has 0 atom stereocenters. The lowest BCUT2D eigenvalue weighted by molar-refractivity contribution is 0.0705. The van der Waals surface area contributed by atoms with Gasteiger partial charge in [-0.1, -0.05) is 11.6 Å². The van der Waals surface area contributed by atoms with Crippen molar-refractivity contribution < 1.29 is 17.9 Å². The maximum Gasteiger partial charge on any atom is 0.254 e. The summed E-state index contributed by atoms with van der Waals surface area (Å²) < 4.78 is 28.1. The quantitative estimate of drug-likeness (QED) is 0.851. The summed E-state index contributed by atoms with van der Waals surface area (Å²) in [6.07, 6.45) is 0. The number of ether oxygens (including phenoxy) is 1. The van der Waals surface area contributed by atoms with Crippen LogP contribution >= 0.6 is 11.6 Å². The van der Waals surface area contributed by atoms with E-state index in [9.17, 15) is 13.2 Å². The van der Waals surface area contributed by atoms with Gasteiger partial charge in [-0.2, -0.15) is 0 Å². The molecule has 6 nitrogen and oxygen atoms in total. The van der Waals surface area contributed by atoms with Gasteiger partial charge in [0, 0.05) is 30.8 Å². The van der Waals surface area contributed by atoms with Gasteiger partial charge >= 0.3 is 0 Å². The van der Waals surface area contributed by atoms with Gasteiger partial charge in [-0.3, -0.25) is 4.79 Å². The molecule has 118 valence electrons. The minimum absolute atomic E-state index is 0.138. The van der Waals surface area contributed by atoms with Crippen LogP contribution in [0.4, 0.5) is 0 Å². The number of primary sulfonamides is 1. The molecule has 21 heavy (non-hydrogen) atoms. The molecule has 2 N–H and O–H groups in total. The summed E-state index contributed by atoms with van der Waals surface area (Å²) in [4.78, 5) is 13.9. The van der Waals surface area contributed by atoms with Crippen molar-refractivity contribution in [2.45, 2.75) is 18.7 Å². The highest BCUT2D eigenvalue weighted by Gasteiger charge is 2.22. The maximum absolute atomic E-state index is 12.5. The number of methoxy groups -OCH3 is 1. The number of nitrogens with two attached hydrogens (primary N) is 1. The molecule has 1 aromatic carbocycles. The Morgan fingerprint density at radius 3 is 2.52 bits per heavy atom. The highest BCUT2D eigenvalue weighted by Crippen LogP contribution is 2.24. The van der Waals surface area contributed by atoms with Gasteiger partial charge in [0.15, 0.2) is 0 Å². The molecular formula is C13H19ClN2O4S. The van der Waals surface area contributed by atoms with Gasteiger partial charge in [0.1, 0.15) is 0 Å². The van der Waals surface area contributed by atoms with Crippen LogP contribution < -0.4 is 5.14 Å². The van der Waals surface area contributed by atoms with Crippen molar-refractivity contribution in [3.05, 3.63) is 28.3 Å². The zero-order chi connectivity index (χ0) is 16.2. The first-order chi connectivity index (χ1) is 9.72. The Kier molecular flexibility index (Phi) is 6.15. The summed E-state index contributed by atoms with van der Waals surface area (Å²) >= 11 is 5.91. The van der Waals surface area contributed by atoms with Crippen molar-refractivity contribution in [1.82, 2.24) is 4.90 Å². The Hall–Kier alpha value is -1.15. The van der Waals surface area contributed by atoms with Gasteiger partial charge in [0.05, 0.1) is 11.5 Å². The second-order valence-electron chi connectivity index (χ2n) is 4.50. The van der Waals surface area contributed by atoms with Gasteiger partial charge in [-0.05, 0) is 31.5 Å². The van der Waals surface area contributed by atoms with E-state index >= 15 is 0 Å². The van der Waals surface area contributed by atoms with Crippen LogP contribution in [-0.4, -0.2) is 46.0 Å². The standard InChI is InChI=1S/C13H19ClN2O4S/c1-4-16(5-6-20-3)13(17)11-7-10(14)8-12(9(11)2)21(15,18)19/h7-8H,4-6H2,1-3H3,(H2,15,18,19). The molecule has 0 saturated carbocycles. The number of benzene rings is 1. The first-order valence-corrected chi connectivity index (χ1v) is 8.26. The number of amides is 1. The van der Waals surface area contributed by atoms with Gasteiger partial charge in [-0.25, -0.2) is 13.6 Å². The molecule has 0 radical (unpaired) electrons. The van der Waals surface area contributed by atoms with Crippen molar-refractivity contribution in [1.29, 1.82) is 0 Å². The molecule has 1 amide bonds. The molecule has 0 aliphatic heterocycles. The second-order valence-corrected chi connectivity index (χ2v) is 6.47. The van der Waals surface area contributed by atoms with Gasteiger partial charge in [0.25, 0.3) is 5.91 Å². The van der Waals surface area contributed by atoms with Crippen LogP contribution in [0.15, 0.2) is 17.0 Å². The predicted molar refractivity (Wildman–Crippen MR) is 81.0 cm³/mol. The van der Waals surface area contributed by atoms with Crippen LogP contribution in [0.25, 0.3) is 0 Å². The van der Waals surface area contributed by atoms with E-state index in [4.69, 9.17) is 21.5 Å². The van der Waals surface area contributed by atoms with E-state index in [0.717, 1.165) is 0 Å². The zero-order valence-corrected chi connectivity index (χ0v) is 13.8. The van der Waals surface area contributed by atoms with E-state index in [1.54, 1.807) is 12.0 Å². The number of carbonyl (C=O) groups excluding carboxylic acids is 1. The molecule has 0 heterocycles. The van der Waals surface area contributed by atoms with Crippen LogP contribution in [0.2, 0.25) is 5.02 Å². The largest absolute Gasteiger partial charge is 0.383 e. The van der Waals surface area contributed by atoms with Crippen molar-refractivity contribution in [2.75, 3.05) is 26.8 Å². The number of halogens is 1. The summed E-state index contributed by atoms with van der Waals surface area (Å²) in [7, 11) is -2.40. The Labute approximate surface area is 129 Å². The number of carbonyl (C=O) groups is 1. The van der Waals surface area contributed by atoms with E-state index in [1.807, 2.05) is 6.92 Å². The van der Waals surface area contributed by atoms with Crippen LogP contribution in [0.3, 0.4) is 0 Å². The van der Waals surface area contributed by atoms with Crippen LogP contribution in [0.1, 0.15) is 22.8 Å². The lowest BCUT2D eigenvalue weighted by atomic mass is 10.1. The van der Waals surface area contributed by atoms with Gasteiger partial charge in [-0.15, -0.1) is 0 Å². The van der Waals surface area contributed by atoms with Crippen molar-refractivity contribution >= 4 is 27.5 Å². The summed E-state index contributed by atoms with van der Waals surface area (Å²) in [5, 5.41) is 5.30. The zero-order valence-electron chi connectivity index (χ0n) is 12.2. The third-order valence-corrected chi connectivity index (χ3v) is 4.35. The molecule has 8 heteroatoms. The SMILES string of the molecule is CCN(CCOC)C(=O)c1cc(Cl)cc(S(N)(=O)=O)c1C. The Balaban J connectivity index is 3.30. The van der Waals surface area contributed by atoms with Gasteiger partial charge in [0.2, 0.25) is 10.0 Å². The fourth-order valence-corrected chi connectivity index (χ4v) is 3.06. The van der Waals surface area contributed by atoms with E-state index in [0.29, 0.717) is 25.3 Å². The molecule has 1 rings (SSSR count). The molecule has 1 aromatic rings. The number of sulfonamides is 1. The molecule has 0 spiro atoms. The number of nitrogens with zero attached hydrogens (tertiary/aromatic N) is 1. The molecule has 0 saturated heterocycles. The fraction of sp³-hybridized carbons (Fsp3) is 0.462. The monoisotopic (exact) mass is 334 g/mol. The van der Waals surface area contributed by atoms with E-state index in [-0.39, 0.29) is 21.4 Å². The first kappa shape index (κ1) is 17.9. The summed E-state index contributed by atoms with van der Waals surface area (Å²) in [6.45, 7) is 4.63. The van der Waals surface area contributed by atoms with E-state index < -0.39 is 10.0 Å². The summed E-state index contributed by atoms with van der Waals surface area (Å²) in [5.41, 5.74) is 0.521. The van der Waals surface area contributed by atoms with Crippen LogP contribution in [0, 0.1) is 6.92 Å². The molecule has 0 fully saturated rings. The number of hydrogen-bond acceptors (Lipinski definition) is 4. The Morgan fingerprint density at radius 1 is 1.43 bits per heavy atom. The summed E-state index contributed by atoms with van der Waals surface area (Å²) in [6, 6.07) is 2.69.